The number of nitrogens with one attached hydrogen (secondary N) is 2. The molecule has 2 rings (SSSR count). The molecule has 0 aliphatic carbocycles. The number of benzene rings is 2. The van der Waals surface area contributed by atoms with Gasteiger partial charge in [-0.2, -0.15) is 0 Å². The first-order chi connectivity index (χ1) is 12.2. The van der Waals surface area contributed by atoms with Crippen molar-refractivity contribution >= 4 is 5.96 Å². The SMILES string of the molecule is CCNC(=NCc1cccc(OCC)c1)NCc1ccc(OC)cc1. The van der Waals surface area contributed by atoms with E-state index in [1.54, 1.807) is 7.11 Å². The standard InChI is InChI=1S/C20H27N3O2/c1-4-21-20(22-14-16-9-11-18(24-3)12-10-16)23-15-17-7-6-8-19(13-17)25-5-2/h6-13H,4-5,14-15H2,1-3H3,(H2,21,22,23). The fourth-order valence-electron chi connectivity index (χ4n) is 2.34. The fraction of sp³-hybridized carbons (Fsp3) is 0.350. The van der Waals surface area contributed by atoms with E-state index < -0.39 is 0 Å². The minimum Gasteiger partial charge on any atom is -0.497 e. The molecule has 0 saturated heterocycles. The number of guanidine groups is 1. The number of aliphatic imine (C=N–C) groups is 1. The molecule has 2 aromatic rings. The molecule has 0 radical (unpaired) electrons. The lowest BCUT2D eigenvalue weighted by Gasteiger charge is -2.12. The largest absolute Gasteiger partial charge is 0.497 e. The predicted octanol–water partition coefficient (Wildman–Crippen LogP) is 3.35. The van der Waals surface area contributed by atoms with Crippen molar-refractivity contribution in [2.45, 2.75) is 26.9 Å². The summed E-state index contributed by atoms with van der Waals surface area (Å²) >= 11 is 0. The highest BCUT2D eigenvalue weighted by atomic mass is 16.5. The number of ether oxygens (including phenoxy) is 2. The maximum absolute atomic E-state index is 5.54. The number of rotatable bonds is 8. The second-order valence-electron chi connectivity index (χ2n) is 5.48. The summed E-state index contributed by atoms with van der Waals surface area (Å²) in [6.07, 6.45) is 0. The normalized spacial score (nSPS) is 11.1. The molecule has 0 atom stereocenters. The quantitative estimate of drug-likeness (QED) is 0.571. The molecule has 2 N–H and O–H groups in total. The highest BCUT2D eigenvalue weighted by Gasteiger charge is 2.00. The molecular weight excluding hydrogens is 314 g/mol. The zero-order chi connectivity index (χ0) is 17.9. The second-order valence-corrected chi connectivity index (χ2v) is 5.48. The Morgan fingerprint density at radius 1 is 0.960 bits per heavy atom. The van der Waals surface area contributed by atoms with Crippen LogP contribution in [0.15, 0.2) is 53.5 Å². The van der Waals surface area contributed by atoms with Crippen LogP contribution >= 0.6 is 0 Å². The maximum atomic E-state index is 5.54. The number of methoxy groups -OCH3 is 1. The molecule has 2 aromatic carbocycles. The highest BCUT2D eigenvalue weighted by molar-refractivity contribution is 5.79. The lowest BCUT2D eigenvalue weighted by Crippen LogP contribution is -2.36. The average Bonchev–Trinajstić information content (AvgIpc) is 2.65. The van der Waals surface area contributed by atoms with E-state index in [2.05, 4.69) is 28.6 Å². The van der Waals surface area contributed by atoms with Gasteiger partial charge < -0.3 is 20.1 Å². The summed E-state index contributed by atoms with van der Waals surface area (Å²) in [5.41, 5.74) is 2.29. The van der Waals surface area contributed by atoms with Gasteiger partial charge in [-0.3, -0.25) is 0 Å². The molecule has 0 unspecified atom stereocenters. The van der Waals surface area contributed by atoms with Gasteiger partial charge in [0, 0.05) is 13.1 Å². The third-order valence-electron chi connectivity index (χ3n) is 3.59. The van der Waals surface area contributed by atoms with Crippen LogP contribution in [0, 0.1) is 0 Å². The van der Waals surface area contributed by atoms with Gasteiger partial charge in [0.1, 0.15) is 11.5 Å². The summed E-state index contributed by atoms with van der Waals surface area (Å²) in [6, 6.07) is 16.0. The Labute approximate surface area is 150 Å². The molecule has 25 heavy (non-hydrogen) atoms. The van der Waals surface area contributed by atoms with E-state index in [9.17, 15) is 0 Å². The topological polar surface area (TPSA) is 54.9 Å². The van der Waals surface area contributed by atoms with E-state index >= 15 is 0 Å². The maximum Gasteiger partial charge on any atom is 0.191 e. The average molecular weight is 341 g/mol. The van der Waals surface area contributed by atoms with Crippen LogP contribution in [0.2, 0.25) is 0 Å². The van der Waals surface area contributed by atoms with Crippen molar-refractivity contribution in [2.75, 3.05) is 20.3 Å². The van der Waals surface area contributed by atoms with Gasteiger partial charge in [0.25, 0.3) is 0 Å². The van der Waals surface area contributed by atoms with Gasteiger partial charge in [-0.05, 0) is 49.2 Å². The molecular formula is C20H27N3O2. The van der Waals surface area contributed by atoms with E-state index in [4.69, 9.17) is 9.47 Å². The third kappa shape index (κ3) is 6.37. The minimum atomic E-state index is 0.596. The Bertz CT molecular complexity index is 669. The molecule has 0 heterocycles. The summed E-state index contributed by atoms with van der Waals surface area (Å²) in [5.74, 6) is 2.53. The molecule has 5 nitrogen and oxygen atoms in total. The fourth-order valence-corrected chi connectivity index (χ4v) is 2.34. The summed E-state index contributed by atoms with van der Waals surface area (Å²) < 4.78 is 10.7. The van der Waals surface area contributed by atoms with Crippen LogP contribution < -0.4 is 20.1 Å². The number of hydrogen-bond donors (Lipinski definition) is 2. The van der Waals surface area contributed by atoms with E-state index in [1.807, 2.05) is 49.4 Å². The van der Waals surface area contributed by atoms with Crippen molar-refractivity contribution < 1.29 is 9.47 Å². The molecule has 0 spiro atoms. The lowest BCUT2D eigenvalue weighted by molar-refractivity contribution is 0.340. The molecule has 0 fully saturated rings. The molecule has 0 bridgehead atoms. The van der Waals surface area contributed by atoms with Gasteiger partial charge in [-0.15, -0.1) is 0 Å². The van der Waals surface area contributed by atoms with Crippen LogP contribution in [0.25, 0.3) is 0 Å². The molecule has 0 saturated carbocycles. The number of hydrogen-bond acceptors (Lipinski definition) is 3. The van der Waals surface area contributed by atoms with E-state index in [0.29, 0.717) is 19.7 Å². The van der Waals surface area contributed by atoms with Gasteiger partial charge in [-0.1, -0.05) is 24.3 Å². The Morgan fingerprint density at radius 3 is 2.44 bits per heavy atom. The Hall–Kier alpha value is -2.69. The highest BCUT2D eigenvalue weighted by Crippen LogP contribution is 2.14. The monoisotopic (exact) mass is 341 g/mol. The predicted molar refractivity (Wildman–Crippen MR) is 102 cm³/mol. The van der Waals surface area contributed by atoms with Crippen LogP contribution in [0.4, 0.5) is 0 Å². The van der Waals surface area contributed by atoms with Gasteiger partial charge in [0.2, 0.25) is 0 Å². The zero-order valence-corrected chi connectivity index (χ0v) is 15.2. The van der Waals surface area contributed by atoms with Crippen molar-refractivity contribution in [2.24, 2.45) is 4.99 Å². The Balaban J connectivity index is 1.96. The Kier molecular flexibility index (Phi) is 7.63. The van der Waals surface area contributed by atoms with Crippen molar-refractivity contribution in [3.05, 3.63) is 59.7 Å². The van der Waals surface area contributed by atoms with Crippen LogP contribution in [0.3, 0.4) is 0 Å². The van der Waals surface area contributed by atoms with Gasteiger partial charge in [-0.25, -0.2) is 4.99 Å². The molecule has 0 aliphatic heterocycles. The third-order valence-corrected chi connectivity index (χ3v) is 3.59. The van der Waals surface area contributed by atoms with Crippen molar-refractivity contribution in [3.63, 3.8) is 0 Å². The summed E-state index contributed by atoms with van der Waals surface area (Å²) in [7, 11) is 1.67. The lowest BCUT2D eigenvalue weighted by atomic mass is 10.2. The number of nitrogens with zero attached hydrogens (tertiary/aromatic N) is 1. The molecule has 0 aliphatic rings. The second kappa shape index (κ2) is 10.2. The van der Waals surface area contributed by atoms with E-state index in [0.717, 1.165) is 29.6 Å². The Morgan fingerprint density at radius 2 is 1.76 bits per heavy atom. The van der Waals surface area contributed by atoms with Gasteiger partial charge in [0.05, 0.1) is 20.3 Å². The first-order valence-corrected chi connectivity index (χ1v) is 8.62. The van der Waals surface area contributed by atoms with Crippen LogP contribution in [0.5, 0.6) is 11.5 Å². The van der Waals surface area contributed by atoms with E-state index in [-0.39, 0.29) is 0 Å². The van der Waals surface area contributed by atoms with Crippen LogP contribution in [0.1, 0.15) is 25.0 Å². The minimum absolute atomic E-state index is 0.596. The van der Waals surface area contributed by atoms with Crippen molar-refractivity contribution in [1.82, 2.24) is 10.6 Å². The zero-order valence-electron chi connectivity index (χ0n) is 15.2. The first-order valence-electron chi connectivity index (χ1n) is 8.62. The van der Waals surface area contributed by atoms with E-state index in [1.165, 1.54) is 5.56 Å². The molecule has 134 valence electrons. The van der Waals surface area contributed by atoms with Gasteiger partial charge >= 0.3 is 0 Å². The molecule has 5 heteroatoms. The summed E-state index contributed by atoms with van der Waals surface area (Å²) in [5, 5.41) is 6.62. The summed E-state index contributed by atoms with van der Waals surface area (Å²) in [6.45, 7) is 6.82. The molecule has 0 amide bonds. The summed E-state index contributed by atoms with van der Waals surface area (Å²) in [4.78, 5) is 4.65. The van der Waals surface area contributed by atoms with Crippen molar-refractivity contribution in [1.29, 1.82) is 0 Å². The van der Waals surface area contributed by atoms with Crippen LogP contribution in [-0.2, 0) is 13.1 Å². The smallest absolute Gasteiger partial charge is 0.191 e. The van der Waals surface area contributed by atoms with Crippen molar-refractivity contribution in [3.8, 4) is 11.5 Å². The van der Waals surface area contributed by atoms with Crippen LogP contribution in [-0.4, -0.2) is 26.2 Å². The first kappa shape index (κ1) is 18.6. The molecule has 0 aromatic heterocycles. The van der Waals surface area contributed by atoms with Gasteiger partial charge in [0.15, 0.2) is 5.96 Å².